The van der Waals surface area contributed by atoms with Crippen molar-refractivity contribution in [3.63, 3.8) is 0 Å². The third kappa shape index (κ3) is 2.89. The van der Waals surface area contributed by atoms with Crippen molar-refractivity contribution in [3.8, 4) is 0 Å². The van der Waals surface area contributed by atoms with Crippen LogP contribution in [0.4, 0.5) is 26.0 Å². The van der Waals surface area contributed by atoms with Crippen LogP contribution in [-0.4, -0.2) is 12.1 Å². The summed E-state index contributed by atoms with van der Waals surface area (Å²) in [5.41, 5.74) is 0. The van der Waals surface area contributed by atoms with E-state index in [4.69, 9.17) is 0 Å². The van der Waals surface area contributed by atoms with Crippen molar-refractivity contribution >= 4 is 8.54 Å². The van der Waals surface area contributed by atoms with Crippen molar-refractivity contribution in [1.82, 2.24) is 0 Å². The SMILES string of the molecule is FC(P(F)F)C(F)(F)F. The van der Waals surface area contributed by atoms with Crippen LogP contribution in [0.2, 0.25) is 0 Å². The molecule has 7 heteroatoms. The minimum atomic E-state index is -5.41. The summed E-state index contributed by atoms with van der Waals surface area (Å²) < 4.78 is 65.6. The number of halogens is 6. The Morgan fingerprint density at radius 2 is 1.44 bits per heavy atom. The van der Waals surface area contributed by atoms with E-state index in [2.05, 4.69) is 0 Å². The minimum absolute atomic E-state index is 3.95. The van der Waals surface area contributed by atoms with Gasteiger partial charge in [-0.2, -0.15) is 21.6 Å². The molecule has 0 amide bonds. The Hall–Kier alpha value is 0.01000. The van der Waals surface area contributed by atoms with Crippen LogP contribution in [0, 0.1) is 0 Å². The zero-order valence-corrected chi connectivity index (χ0v) is 4.69. The van der Waals surface area contributed by atoms with Crippen LogP contribution in [0.1, 0.15) is 0 Å². The van der Waals surface area contributed by atoms with Crippen LogP contribution in [0.3, 0.4) is 0 Å². The maximum Gasteiger partial charge on any atom is 0.428 e. The van der Waals surface area contributed by atoms with Crippen LogP contribution in [0.15, 0.2) is 0 Å². The van der Waals surface area contributed by atoms with Crippen LogP contribution < -0.4 is 0 Å². The molecular weight excluding hydrogens is 169 g/mol. The summed E-state index contributed by atoms with van der Waals surface area (Å²) in [6.07, 6.45) is -5.41. The van der Waals surface area contributed by atoms with Gasteiger partial charge in [0.2, 0.25) is 0 Å². The average molecular weight is 170 g/mol. The van der Waals surface area contributed by atoms with Gasteiger partial charge in [-0.05, 0) is 0 Å². The molecule has 0 saturated heterocycles. The van der Waals surface area contributed by atoms with E-state index in [0.29, 0.717) is 0 Å². The van der Waals surface area contributed by atoms with Gasteiger partial charge in [0, 0.05) is 0 Å². The fraction of sp³-hybridized carbons (Fsp3) is 1.00. The third-order valence-electron chi connectivity index (χ3n) is 0.441. The minimum Gasteiger partial charge on any atom is -0.226 e. The van der Waals surface area contributed by atoms with Crippen LogP contribution in [0.25, 0.3) is 0 Å². The van der Waals surface area contributed by atoms with Crippen LogP contribution in [0.5, 0.6) is 0 Å². The van der Waals surface area contributed by atoms with E-state index >= 15 is 0 Å². The van der Waals surface area contributed by atoms with Crippen molar-refractivity contribution in [2.45, 2.75) is 12.1 Å². The number of hydrogen-bond donors (Lipinski definition) is 0. The smallest absolute Gasteiger partial charge is 0.226 e. The zero-order chi connectivity index (χ0) is 7.65. The summed E-state index contributed by atoms with van der Waals surface area (Å²) in [4.78, 5) is 0. The van der Waals surface area contributed by atoms with E-state index in [0.717, 1.165) is 0 Å². The van der Waals surface area contributed by atoms with Crippen LogP contribution in [-0.2, 0) is 0 Å². The molecule has 0 N–H and O–H groups in total. The quantitative estimate of drug-likeness (QED) is 0.419. The highest BCUT2D eigenvalue weighted by molar-refractivity contribution is 7.47. The van der Waals surface area contributed by atoms with Crippen molar-refractivity contribution < 1.29 is 26.0 Å². The standard InChI is InChI=1S/C2HF6P/c3-1(9(7)8)2(4,5)6/h1H. The van der Waals surface area contributed by atoms with E-state index in [1.807, 2.05) is 0 Å². The molecule has 0 aromatic heterocycles. The maximum atomic E-state index is 11.2. The molecule has 0 spiro atoms. The molecule has 0 heterocycles. The first kappa shape index (κ1) is 9.01. The highest BCUT2D eigenvalue weighted by Gasteiger charge is 2.47. The molecule has 0 rings (SSSR count). The molecule has 0 aromatic carbocycles. The molecule has 0 bridgehead atoms. The molecule has 0 nitrogen and oxygen atoms in total. The summed E-state index contributed by atoms with van der Waals surface area (Å²) in [7, 11) is -4.54. The Bertz CT molecular complexity index is 85.5. The Morgan fingerprint density at radius 3 is 1.44 bits per heavy atom. The molecule has 0 aliphatic carbocycles. The van der Waals surface area contributed by atoms with E-state index in [1.165, 1.54) is 0 Å². The zero-order valence-electron chi connectivity index (χ0n) is 3.79. The van der Waals surface area contributed by atoms with E-state index in [9.17, 15) is 26.0 Å². The lowest BCUT2D eigenvalue weighted by atomic mass is 10.7. The number of alkyl halides is 4. The highest BCUT2D eigenvalue weighted by Crippen LogP contribution is 2.51. The van der Waals surface area contributed by atoms with E-state index in [-0.39, 0.29) is 0 Å². The second-order valence-electron chi connectivity index (χ2n) is 1.14. The first-order valence-corrected chi connectivity index (χ1v) is 2.86. The predicted octanol–water partition coefficient (Wildman–Crippen LogP) is 3.10. The molecule has 0 aliphatic heterocycles. The van der Waals surface area contributed by atoms with Gasteiger partial charge in [-0.1, -0.05) is 0 Å². The number of rotatable bonds is 1. The molecular formula is C2HF6P. The molecule has 0 saturated carbocycles. The largest absolute Gasteiger partial charge is 0.428 e. The fourth-order valence-electron chi connectivity index (χ4n) is 0.111. The van der Waals surface area contributed by atoms with Gasteiger partial charge < -0.3 is 0 Å². The summed E-state index contributed by atoms with van der Waals surface area (Å²) >= 11 is 0. The van der Waals surface area contributed by atoms with Crippen molar-refractivity contribution in [2.24, 2.45) is 0 Å². The monoisotopic (exact) mass is 170 g/mol. The Kier molecular flexibility index (Phi) is 2.73. The normalized spacial score (nSPS) is 16.3. The molecule has 0 aromatic rings. The molecule has 0 aliphatic rings. The summed E-state index contributed by atoms with van der Waals surface area (Å²) in [6, 6.07) is 0. The van der Waals surface area contributed by atoms with Gasteiger partial charge in [0.05, 0.1) is 0 Å². The molecule has 9 heavy (non-hydrogen) atoms. The van der Waals surface area contributed by atoms with Crippen molar-refractivity contribution in [1.29, 1.82) is 0 Å². The predicted molar refractivity (Wildman–Crippen MR) is 20.1 cm³/mol. The van der Waals surface area contributed by atoms with Gasteiger partial charge in [0.1, 0.15) is 0 Å². The van der Waals surface area contributed by atoms with Gasteiger partial charge in [0.15, 0.2) is 0 Å². The topological polar surface area (TPSA) is 0 Å². The second kappa shape index (κ2) is 2.73. The summed E-state index contributed by atoms with van der Waals surface area (Å²) in [5, 5.41) is 0. The molecule has 0 radical (unpaired) electrons. The molecule has 56 valence electrons. The lowest BCUT2D eigenvalue weighted by Gasteiger charge is -2.08. The van der Waals surface area contributed by atoms with Gasteiger partial charge in [-0.3, -0.25) is 0 Å². The first-order valence-electron chi connectivity index (χ1n) is 1.67. The van der Waals surface area contributed by atoms with Gasteiger partial charge in [-0.15, -0.1) is 0 Å². The Labute approximate surface area is 47.8 Å². The molecule has 0 fully saturated rings. The lowest BCUT2D eigenvalue weighted by molar-refractivity contribution is -0.157. The fourth-order valence-corrected chi connectivity index (χ4v) is 0.332. The summed E-state index contributed by atoms with van der Waals surface area (Å²) in [6.45, 7) is 0. The van der Waals surface area contributed by atoms with Crippen molar-refractivity contribution in [2.75, 3.05) is 0 Å². The average Bonchev–Trinajstić information content (AvgIpc) is 1.62. The Morgan fingerprint density at radius 1 is 1.11 bits per heavy atom. The molecule has 1 atom stereocenters. The number of hydrogen-bond acceptors (Lipinski definition) is 0. The van der Waals surface area contributed by atoms with E-state index < -0.39 is 20.6 Å². The maximum absolute atomic E-state index is 11.2. The molecule has 1 unspecified atom stereocenters. The van der Waals surface area contributed by atoms with E-state index in [1.54, 1.807) is 0 Å². The van der Waals surface area contributed by atoms with Gasteiger partial charge in [-0.25, -0.2) is 4.39 Å². The highest BCUT2D eigenvalue weighted by atomic mass is 31.2. The second-order valence-corrected chi connectivity index (χ2v) is 2.11. The Balaban J connectivity index is 3.88. The van der Waals surface area contributed by atoms with Crippen LogP contribution >= 0.6 is 8.54 Å². The third-order valence-corrected chi connectivity index (χ3v) is 1.08. The summed E-state index contributed by atoms with van der Waals surface area (Å²) in [5.74, 6) is -3.95. The van der Waals surface area contributed by atoms with Gasteiger partial charge >= 0.3 is 14.7 Å². The van der Waals surface area contributed by atoms with Crippen molar-refractivity contribution in [3.05, 3.63) is 0 Å². The van der Waals surface area contributed by atoms with Gasteiger partial charge in [0.25, 0.3) is 5.91 Å². The first-order chi connectivity index (χ1) is 3.85. The lowest BCUT2D eigenvalue weighted by Crippen LogP contribution is -2.20.